The summed E-state index contributed by atoms with van der Waals surface area (Å²) in [5, 5.41) is 4.16. The Hall–Kier alpha value is -1.58. The molecule has 0 amide bonds. The SMILES string of the molecule is Cc1cc(C)n2c(=O)n(C(C)C)ncc12. The van der Waals surface area contributed by atoms with Crippen LogP contribution in [-0.4, -0.2) is 14.2 Å². The Kier molecular flexibility index (Phi) is 2.14. The van der Waals surface area contributed by atoms with Gasteiger partial charge in [-0.25, -0.2) is 9.48 Å². The number of aromatic nitrogens is 3. The third-order valence-electron chi connectivity index (χ3n) is 2.60. The van der Waals surface area contributed by atoms with Crippen LogP contribution in [0, 0.1) is 13.8 Å². The molecule has 0 aliphatic heterocycles. The Morgan fingerprint density at radius 3 is 2.60 bits per heavy atom. The van der Waals surface area contributed by atoms with Gasteiger partial charge in [0, 0.05) is 5.69 Å². The Balaban J connectivity index is 2.90. The van der Waals surface area contributed by atoms with Crippen LogP contribution in [0.15, 0.2) is 17.1 Å². The van der Waals surface area contributed by atoms with Crippen molar-refractivity contribution in [3.8, 4) is 0 Å². The summed E-state index contributed by atoms with van der Waals surface area (Å²) >= 11 is 0. The highest BCUT2D eigenvalue weighted by Crippen LogP contribution is 2.12. The van der Waals surface area contributed by atoms with Gasteiger partial charge in [0.1, 0.15) is 0 Å². The Bertz CT molecular complexity index is 563. The molecule has 0 atom stereocenters. The van der Waals surface area contributed by atoms with Crippen LogP contribution in [0.4, 0.5) is 0 Å². The topological polar surface area (TPSA) is 39.3 Å². The van der Waals surface area contributed by atoms with Crippen LogP contribution < -0.4 is 5.69 Å². The van der Waals surface area contributed by atoms with Crippen molar-refractivity contribution in [1.29, 1.82) is 0 Å². The fourth-order valence-corrected chi connectivity index (χ4v) is 1.85. The zero-order chi connectivity index (χ0) is 11.2. The molecule has 2 rings (SSSR count). The van der Waals surface area contributed by atoms with Gasteiger partial charge < -0.3 is 0 Å². The van der Waals surface area contributed by atoms with Crippen molar-refractivity contribution >= 4 is 5.52 Å². The van der Waals surface area contributed by atoms with Crippen molar-refractivity contribution < 1.29 is 0 Å². The van der Waals surface area contributed by atoms with E-state index in [-0.39, 0.29) is 11.7 Å². The highest BCUT2D eigenvalue weighted by molar-refractivity contribution is 5.54. The van der Waals surface area contributed by atoms with E-state index in [0.717, 1.165) is 16.8 Å². The van der Waals surface area contributed by atoms with E-state index in [0.29, 0.717) is 0 Å². The van der Waals surface area contributed by atoms with Gasteiger partial charge in [0.25, 0.3) is 0 Å². The molecule has 15 heavy (non-hydrogen) atoms. The van der Waals surface area contributed by atoms with Crippen molar-refractivity contribution in [2.24, 2.45) is 0 Å². The highest BCUT2D eigenvalue weighted by Gasteiger charge is 2.10. The zero-order valence-corrected chi connectivity index (χ0v) is 9.48. The normalized spacial score (nSPS) is 11.5. The molecule has 0 aliphatic carbocycles. The van der Waals surface area contributed by atoms with Gasteiger partial charge in [0.05, 0.1) is 17.8 Å². The lowest BCUT2D eigenvalue weighted by molar-refractivity contribution is 0.484. The molecule has 0 saturated carbocycles. The van der Waals surface area contributed by atoms with Crippen molar-refractivity contribution in [1.82, 2.24) is 14.2 Å². The van der Waals surface area contributed by atoms with Gasteiger partial charge >= 0.3 is 5.69 Å². The molecule has 2 aromatic rings. The van der Waals surface area contributed by atoms with E-state index < -0.39 is 0 Å². The largest absolute Gasteiger partial charge is 0.349 e. The molecule has 0 aromatic carbocycles. The zero-order valence-electron chi connectivity index (χ0n) is 9.48. The number of rotatable bonds is 1. The second-order valence-corrected chi connectivity index (χ2v) is 4.15. The highest BCUT2D eigenvalue weighted by atomic mass is 16.2. The van der Waals surface area contributed by atoms with Crippen molar-refractivity contribution in [2.45, 2.75) is 33.7 Å². The average Bonchev–Trinajstić information content (AvgIpc) is 2.43. The minimum absolute atomic E-state index is 0.0619. The molecule has 0 spiro atoms. The standard InChI is InChI=1S/C11H15N3O/c1-7(2)14-11(15)13-9(4)5-8(3)10(13)6-12-14/h5-7H,1-4H3. The monoisotopic (exact) mass is 205 g/mol. The number of fused-ring (bicyclic) bond motifs is 1. The molecule has 2 aromatic heterocycles. The first-order valence-corrected chi connectivity index (χ1v) is 5.09. The molecule has 0 radical (unpaired) electrons. The number of aryl methyl sites for hydroxylation is 2. The van der Waals surface area contributed by atoms with Gasteiger partial charge in [0.15, 0.2) is 0 Å². The van der Waals surface area contributed by atoms with Crippen LogP contribution in [0.2, 0.25) is 0 Å². The molecule has 4 heteroatoms. The average molecular weight is 205 g/mol. The number of hydrogen-bond donors (Lipinski definition) is 0. The van der Waals surface area contributed by atoms with E-state index in [9.17, 15) is 4.79 Å². The molecule has 80 valence electrons. The van der Waals surface area contributed by atoms with E-state index in [1.165, 1.54) is 4.68 Å². The molecule has 0 fully saturated rings. The molecule has 0 N–H and O–H groups in total. The van der Waals surface area contributed by atoms with Crippen molar-refractivity contribution in [3.63, 3.8) is 0 Å². The maximum absolute atomic E-state index is 12.1. The summed E-state index contributed by atoms with van der Waals surface area (Å²) in [4.78, 5) is 12.1. The van der Waals surface area contributed by atoms with E-state index in [1.807, 2.05) is 33.8 Å². The second kappa shape index (κ2) is 3.22. The third kappa shape index (κ3) is 1.37. The van der Waals surface area contributed by atoms with Gasteiger partial charge in [-0.1, -0.05) is 0 Å². The summed E-state index contributed by atoms with van der Waals surface area (Å²) in [6.45, 7) is 7.83. The van der Waals surface area contributed by atoms with E-state index in [1.54, 1.807) is 10.6 Å². The van der Waals surface area contributed by atoms with Crippen LogP contribution in [0.25, 0.3) is 5.52 Å². The van der Waals surface area contributed by atoms with Crippen LogP contribution in [0.5, 0.6) is 0 Å². The van der Waals surface area contributed by atoms with Crippen molar-refractivity contribution in [2.75, 3.05) is 0 Å². The number of nitrogens with zero attached hydrogens (tertiary/aromatic N) is 3. The van der Waals surface area contributed by atoms with Crippen LogP contribution >= 0.6 is 0 Å². The fraction of sp³-hybridized carbons (Fsp3) is 0.455. The van der Waals surface area contributed by atoms with Crippen LogP contribution in [0.3, 0.4) is 0 Å². The van der Waals surface area contributed by atoms with Gasteiger partial charge in [-0.2, -0.15) is 5.10 Å². The first-order chi connectivity index (χ1) is 7.02. The van der Waals surface area contributed by atoms with E-state index in [2.05, 4.69) is 5.10 Å². The van der Waals surface area contributed by atoms with Crippen LogP contribution in [0.1, 0.15) is 31.1 Å². The Morgan fingerprint density at radius 1 is 1.33 bits per heavy atom. The predicted octanol–water partition coefficient (Wildman–Crippen LogP) is 1.69. The lowest BCUT2D eigenvalue weighted by atomic mass is 10.3. The minimum atomic E-state index is -0.0619. The molecule has 0 bridgehead atoms. The third-order valence-corrected chi connectivity index (χ3v) is 2.60. The Morgan fingerprint density at radius 2 is 2.00 bits per heavy atom. The van der Waals surface area contributed by atoms with Gasteiger partial charge in [-0.15, -0.1) is 0 Å². The molecular formula is C11H15N3O. The van der Waals surface area contributed by atoms with Gasteiger partial charge in [0.2, 0.25) is 0 Å². The first kappa shape index (κ1) is 9.96. The Labute approximate surface area is 88.2 Å². The van der Waals surface area contributed by atoms with Crippen molar-refractivity contribution in [3.05, 3.63) is 34.0 Å². The quantitative estimate of drug-likeness (QED) is 0.710. The molecule has 0 aliphatic rings. The molecule has 0 saturated heterocycles. The first-order valence-electron chi connectivity index (χ1n) is 5.09. The maximum atomic E-state index is 12.1. The molecule has 0 unspecified atom stereocenters. The lowest BCUT2D eigenvalue weighted by Crippen LogP contribution is -2.30. The predicted molar refractivity (Wildman–Crippen MR) is 59.3 cm³/mol. The van der Waals surface area contributed by atoms with Gasteiger partial charge in [-0.05, 0) is 39.3 Å². The van der Waals surface area contributed by atoms with E-state index in [4.69, 9.17) is 0 Å². The minimum Gasteiger partial charge on any atom is -0.264 e. The summed E-state index contributed by atoms with van der Waals surface area (Å²) in [6, 6.07) is 2.09. The summed E-state index contributed by atoms with van der Waals surface area (Å²) in [5.74, 6) is 0. The summed E-state index contributed by atoms with van der Waals surface area (Å²) in [7, 11) is 0. The molecule has 4 nitrogen and oxygen atoms in total. The van der Waals surface area contributed by atoms with Gasteiger partial charge in [-0.3, -0.25) is 4.40 Å². The van der Waals surface area contributed by atoms with Crippen LogP contribution in [-0.2, 0) is 0 Å². The number of hydrogen-bond acceptors (Lipinski definition) is 2. The second-order valence-electron chi connectivity index (χ2n) is 4.15. The fourth-order valence-electron chi connectivity index (χ4n) is 1.85. The summed E-state index contributed by atoms with van der Waals surface area (Å²) < 4.78 is 3.21. The van der Waals surface area contributed by atoms with E-state index >= 15 is 0 Å². The maximum Gasteiger partial charge on any atom is 0.349 e. The lowest BCUT2D eigenvalue weighted by Gasteiger charge is -2.08. The smallest absolute Gasteiger partial charge is 0.264 e. The summed E-state index contributed by atoms with van der Waals surface area (Å²) in [5.41, 5.74) is 2.89. The molecular weight excluding hydrogens is 190 g/mol. The summed E-state index contributed by atoms with van der Waals surface area (Å²) in [6.07, 6.45) is 1.75. The molecule has 2 heterocycles.